The first-order valence-corrected chi connectivity index (χ1v) is 9.87. The van der Waals surface area contributed by atoms with Gasteiger partial charge >= 0.3 is 0 Å². The van der Waals surface area contributed by atoms with E-state index in [2.05, 4.69) is 26.0 Å². The van der Waals surface area contributed by atoms with Gasteiger partial charge in [-0.15, -0.1) is 0 Å². The number of aliphatic hydroxyl groups is 4. The number of fused-ring (bicyclic) bond motifs is 5. The normalized spacial score (nSPS) is 50.2. The lowest BCUT2D eigenvalue weighted by atomic mass is 9.49. The smallest absolute Gasteiger partial charge is 0.106 e. The standard InChI is InChI=1S/C21H32O4/c1-19-8-5-14(23)11-13(19)3-4-15-16(19)6-9-20(2)17(15)7-10-21(20,25)18(24)12-22/h3-4,14,16-18,22-25H,5-12H2,1-2H3/t14-,16-,17-,18?,19-,20-,21-/m0/s1. The summed E-state index contributed by atoms with van der Waals surface area (Å²) in [6.45, 7) is 4.07. The molecule has 1 unspecified atom stereocenters. The zero-order valence-corrected chi connectivity index (χ0v) is 15.4. The van der Waals surface area contributed by atoms with E-state index in [0.717, 1.165) is 38.5 Å². The van der Waals surface area contributed by atoms with Crippen LogP contribution in [0.4, 0.5) is 0 Å². The summed E-state index contributed by atoms with van der Waals surface area (Å²) in [5, 5.41) is 41.1. The average Bonchev–Trinajstić information content (AvgIpc) is 2.87. The molecule has 4 heteroatoms. The first kappa shape index (κ1) is 17.7. The molecule has 3 saturated carbocycles. The molecule has 0 aromatic carbocycles. The van der Waals surface area contributed by atoms with Gasteiger partial charge < -0.3 is 20.4 Å². The SMILES string of the molecule is C[C@]12CC[C@H](O)CC1=CC=C1[C@@H]2CC[C@@]2(C)[C@H]1CC[C@]2(O)C(O)CO. The van der Waals surface area contributed by atoms with Crippen LogP contribution in [0.25, 0.3) is 0 Å². The monoisotopic (exact) mass is 348 g/mol. The van der Waals surface area contributed by atoms with E-state index in [1.165, 1.54) is 11.1 Å². The van der Waals surface area contributed by atoms with E-state index in [4.69, 9.17) is 0 Å². The highest BCUT2D eigenvalue weighted by molar-refractivity contribution is 5.39. The summed E-state index contributed by atoms with van der Waals surface area (Å²) in [5.41, 5.74) is 1.35. The van der Waals surface area contributed by atoms with Crippen LogP contribution in [-0.4, -0.2) is 44.8 Å². The van der Waals surface area contributed by atoms with Crippen molar-refractivity contribution in [2.75, 3.05) is 6.61 Å². The Hall–Kier alpha value is -0.680. The third kappa shape index (κ3) is 2.21. The predicted molar refractivity (Wildman–Crippen MR) is 95.7 cm³/mol. The van der Waals surface area contributed by atoms with Gasteiger partial charge in [-0.2, -0.15) is 0 Å². The molecule has 0 radical (unpaired) electrons. The van der Waals surface area contributed by atoms with Crippen molar-refractivity contribution in [1.29, 1.82) is 0 Å². The van der Waals surface area contributed by atoms with E-state index >= 15 is 0 Å². The van der Waals surface area contributed by atoms with E-state index < -0.39 is 11.7 Å². The molecule has 0 spiro atoms. The molecule has 4 N–H and O–H groups in total. The van der Waals surface area contributed by atoms with Crippen molar-refractivity contribution in [1.82, 2.24) is 0 Å². The fraction of sp³-hybridized carbons (Fsp3) is 0.810. The molecule has 7 atom stereocenters. The van der Waals surface area contributed by atoms with E-state index in [1.54, 1.807) is 0 Å². The van der Waals surface area contributed by atoms with Crippen molar-refractivity contribution >= 4 is 0 Å². The molecule has 140 valence electrons. The second kappa shape index (κ2) is 5.66. The number of allylic oxidation sites excluding steroid dienone is 3. The van der Waals surface area contributed by atoms with Gasteiger partial charge in [-0.05, 0) is 62.2 Å². The summed E-state index contributed by atoms with van der Waals surface area (Å²) in [5.74, 6) is 0.741. The highest BCUT2D eigenvalue weighted by Gasteiger charge is 2.64. The molecule has 0 aromatic heterocycles. The Morgan fingerprint density at radius 1 is 1.08 bits per heavy atom. The zero-order chi connectivity index (χ0) is 18.0. The first-order chi connectivity index (χ1) is 11.8. The summed E-state index contributed by atoms with van der Waals surface area (Å²) in [6, 6.07) is 0. The van der Waals surface area contributed by atoms with E-state index in [9.17, 15) is 20.4 Å². The van der Waals surface area contributed by atoms with Gasteiger partial charge in [0.25, 0.3) is 0 Å². The van der Waals surface area contributed by atoms with Crippen molar-refractivity contribution in [3.05, 3.63) is 23.3 Å². The van der Waals surface area contributed by atoms with Gasteiger partial charge in [0.15, 0.2) is 0 Å². The topological polar surface area (TPSA) is 80.9 Å². The summed E-state index contributed by atoms with van der Waals surface area (Å²) < 4.78 is 0. The minimum absolute atomic E-state index is 0.126. The van der Waals surface area contributed by atoms with Gasteiger partial charge in [0.05, 0.1) is 18.3 Å². The predicted octanol–water partition coefficient (Wildman–Crippen LogP) is 2.31. The Morgan fingerprint density at radius 2 is 1.80 bits per heavy atom. The zero-order valence-electron chi connectivity index (χ0n) is 15.4. The third-order valence-corrected chi connectivity index (χ3v) is 8.49. The molecular formula is C21H32O4. The largest absolute Gasteiger partial charge is 0.394 e. The lowest BCUT2D eigenvalue weighted by Gasteiger charge is -2.56. The molecule has 0 saturated heterocycles. The van der Waals surface area contributed by atoms with Gasteiger partial charge in [0.1, 0.15) is 6.10 Å². The van der Waals surface area contributed by atoms with Crippen LogP contribution in [0.5, 0.6) is 0 Å². The maximum absolute atomic E-state index is 11.3. The number of rotatable bonds is 2. The summed E-state index contributed by atoms with van der Waals surface area (Å²) in [4.78, 5) is 0. The highest BCUT2D eigenvalue weighted by atomic mass is 16.4. The molecule has 0 heterocycles. The minimum Gasteiger partial charge on any atom is -0.394 e. The van der Waals surface area contributed by atoms with Crippen molar-refractivity contribution in [2.45, 2.75) is 76.6 Å². The maximum atomic E-state index is 11.3. The maximum Gasteiger partial charge on any atom is 0.106 e. The second-order valence-corrected chi connectivity index (χ2v) is 9.40. The van der Waals surface area contributed by atoms with Crippen molar-refractivity contribution in [3.63, 3.8) is 0 Å². The minimum atomic E-state index is -1.20. The van der Waals surface area contributed by atoms with Crippen LogP contribution in [0.15, 0.2) is 23.3 Å². The molecular weight excluding hydrogens is 316 g/mol. The Labute approximate surface area is 150 Å². The van der Waals surface area contributed by atoms with Gasteiger partial charge in [0.2, 0.25) is 0 Å². The molecule has 4 aliphatic carbocycles. The lowest BCUT2D eigenvalue weighted by Crippen LogP contribution is -2.57. The molecule has 0 amide bonds. The molecule has 4 rings (SSSR count). The Kier molecular flexibility index (Phi) is 4.01. The van der Waals surface area contributed by atoms with Crippen LogP contribution in [0.3, 0.4) is 0 Å². The number of hydrogen-bond acceptors (Lipinski definition) is 4. The molecule has 3 fully saturated rings. The first-order valence-electron chi connectivity index (χ1n) is 9.87. The second-order valence-electron chi connectivity index (χ2n) is 9.40. The van der Waals surface area contributed by atoms with Crippen LogP contribution < -0.4 is 0 Å². The molecule has 4 aliphatic rings. The molecule has 0 aromatic rings. The van der Waals surface area contributed by atoms with E-state index in [0.29, 0.717) is 12.3 Å². The van der Waals surface area contributed by atoms with Crippen LogP contribution in [0.1, 0.15) is 58.8 Å². The fourth-order valence-electron chi connectivity index (χ4n) is 6.74. The van der Waals surface area contributed by atoms with Gasteiger partial charge in [-0.1, -0.05) is 37.1 Å². The fourth-order valence-corrected chi connectivity index (χ4v) is 6.74. The number of hydrogen-bond donors (Lipinski definition) is 4. The molecule has 4 nitrogen and oxygen atoms in total. The van der Waals surface area contributed by atoms with Gasteiger partial charge in [-0.25, -0.2) is 0 Å². The molecule has 25 heavy (non-hydrogen) atoms. The van der Waals surface area contributed by atoms with E-state index in [1.807, 2.05) is 0 Å². The summed E-state index contributed by atoms with van der Waals surface area (Å²) in [7, 11) is 0. The van der Waals surface area contributed by atoms with Crippen molar-refractivity contribution in [3.8, 4) is 0 Å². The van der Waals surface area contributed by atoms with Crippen LogP contribution in [0, 0.1) is 22.7 Å². The Bertz CT molecular complexity index is 625. The van der Waals surface area contributed by atoms with Crippen LogP contribution in [-0.2, 0) is 0 Å². The van der Waals surface area contributed by atoms with Crippen LogP contribution >= 0.6 is 0 Å². The van der Waals surface area contributed by atoms with Crippen molar-refractivity contribution in [2.24, 2.45) is 22.7 Å². The lowest BCUT2D eigenvalue weighted by molar-refractivity contribution is -0.165. The quantitative estimate of drug-likeness (QED) is 0.617. The van der Waals surface area contributed by atoms with Gasteiger partial charge in [0, 0.05) is 5.41 Å². The van der Waals surface area contributed by atoms with Crippen LogP contribution in [0.2, 0.25) is 0 Å². The Balaban J connectivity index is 1.72. The molecule has 0 aliphatic heterocycles. The van der Waals surface area contributed by atoms with E-state index in [-0.39, 0.29) is 29.5 Å². The highest BCUT2D eigenvalue weighted by Crippen LogP contribution is 2.66. The Morgan fingerprint density at radius 3 is 2.52 bits per heavy atom. The summed E-state index contributed by atoms with van der Waals surface area (Å²) >= 11 is 0. The van der Waals surface area contributed by atoms with Crippen molar-refractivity contribution < 1.29 is 20.4 Å². The average molecular weight is 348 g/mol. The van der Waals surface area contributed by atoms with Gasteiger partial charge in [-0.3, -0.25) is 0 Å². The third-order valence-electron chi connectivity index (χ3n) is 8.49. The summed E-state index contributed by atoms with van der Waals surface area (Å²) in [6.07, 6.45) is 9.16. The molecule has 0 bridgehead atoms. The number of aliphatic hydroxyl groups excluding tert-OH is 3.